The lowest BCUT2D eigenvalue weighted by atomic mass is 10.1. The van der Waals surface area contributed by atoms with Gasteiger partial charge in [0.1, 0.15) is 11.6 Å². The fraction of sp³-hybridized carbons (Fsp3) is 0.571. The maximum absolute atomic E-state index is 13.2. The van der Waals surface area contributed by atoms with Gasteiger partial charge in [0.25, 0.3) is 0 Å². The standard InChI is InChI=1S/C14H22FNO2/c1-10(16)8-12-9-13(15)4-5-14(12)18-11(2)6-7-17-3/h4-5,9-11H,6-8,16H2,1-3H3. The summed E-state index contributed by atoms with van der Waals surface area (Å²) < 4.78 is 24.0. The summed E-state index contributed by atoms with van der Waals surface area (Å²) in [4.78, 5) is 0. The van der Waals surface area contributed by atoms with Gasteiger partial charge in [-0.25, -0.2) is 4.39 Å². The second-order valence-corrected chi connectivity index (χ2v) is 4.64. The minimum Gasteiger partial charge on any atom is -0.490 e. The minimum atomic E-state index is -0.262. The molecule has 0 aromatic heterocycles. The van der Waals surface area contributed by atoms with Crippen molar-refractivity contribution in [1.82, 2.24) is 0 Å². The van der Waals surface area contributed by atoms with Crippen LogP contribution < -0.4 is 10.5 Å². The summed E-state index contributed by atoms with van der Waals surface area (Å²) in [5.41, 5.74) is 6.57. The number of halogens is 1. The first kappa shape index (κ1) is 14.9. The summed E-state index contributed by atoms with van der Waals surface area (Å²) in [6.45, 7) is 4.51. The van der Waals surface area contributed by atoms with Gasteiger partial charge < -0.3 is 15.2 Å². The molecular formula is C14H22FNO2. The lowest BCUT2D eigenvalue weighted by Crippen LogP contribution is -2.20. The Balaban J connectivity index is 2.74. The summed E-state index contributed by atoms with van der Waals surface area (Å²) in [6.07, 6.45) is 1.43. The third-order valence-electron chi connectivity index (χ3n) is 2.62. The first-order valence-corrected chi connectivity index (χ1v) is 6.22. The second-order valence-electron chi connectivity index (χ2n) is 4.64. The highest BCUT2D eigenvalue weighted by molar-refractivity contribution is 5.34. The molecule has 102 valence electrons. The SMILES string of the molecule is COCCC(C)Oc1ccc(F)cc1CC(C)N. The molecule has 0 aliphatic carbocycles. The molecule has 0 saturated carbocycles. The molecule has 0 fully saturated rings. The zero-order valence-electron chi connectivity index (χ0n) is 11.3. The summed E-state index contributed by atoms with van der Waals surface area (Å²) in [5.74, 6) is 0.444. The zero-order chi connectivity index (χ0) is 13.5. The number of benzene rings is 1. The van der Waals surface area contributed by atoms with Gasteiger partial charge in [-0.1, -0.05) is 0 Å². The predicted molar refractivity (Wildman–Crippen MR) is 70.3 cm³/mol. The summed E-state index contributed by atoms with van der Waals surface area (Å²) in [5, 5.41) is 0. The highest BCUT2D eigenvalue weighted by Crippen LogP contribution is 2.22. The quantitative estimate of drug-likeness (QED) is 0.814. The molecule has 0 bridgehead atoms. The molecule has 4 heteroatoms. The van der Waals surface area contributed by atoms with Crippen LogP contribution in [0.2, 0.25) is 0 Å². The van der Waals surface area contributed by atoms with E-state index in [4.69, 9.17) is 15.2 Å². The van der Waals surface area contributed by atoms with E-state index in [0.29, 0.717) is 18.8 Å². The van der Waals surface area contributed by atoms with Crippen LogP contribution in [0.15, 0.2) is 18.2 Å². The van der Waals surface area contributed by atoms with Crippen LogP contribution in [-0.4, -0.2) is 25.9 Å². The molecular weight excluding hydrogens is 233 g/mol. The van der Waals surface area contributed by atoms with E-state index in [1.54, 1.807) is 13.2 Å². The van der Waals surface area contributed by atoms with Crippen molar-refractivity contribution in [3.63, 3.8) is 0 Å². The van der Waals surface area contributed by atoms with Gasteiger partial charge in [0, 0.05) is 26.2 Å². The van der Waals surface area contributed by atoms with Gasteiger partial charge >= 0.3 is 0 Å². The number of methoxy groups -OCH3 is 1. The van der Waals surface area contributed by atoms with Crippen molar-refractivity contribution in [2.75, 3.05) is 13.7 Å². The largest absolute Gasteiger partial charge is 0.490 e. The Morgan fingerprint density at radius 2 is 2.06 bits per heavy atom. The van der Waals surface area contributed by atoms with Crippen molar-refractivity contribution in [3.8, 4) is 5.75 Å². The number of rotatable bonds is 7. The van der Waals surface area contributed by atoms with Crippen LogP contribution in [0.1, 0.15) is 25.8 Å². The molecule has 0 aliphatic heterocycles. The Kier molecular flexibility index (Phi) is 6.09. The molecule has 2 N–H and O–H groups in total. The summed E-state index contributed by atoms with van der Waals surface area (Å²) in [6, 6.07) is 4.53. The number of hydrogen-bond donors (Lipinski definition) is 1. The normalized spacial score (nSPS) is 14.3. The third-order valence-corrected chi connectivity index (χ3v) is 2.62. The number of hydrogen-bond acceptors (Lipinski definition) is 3. The van der Waals surface area contributed by atoms with E-state index in [0.717, 1.165) is 12.0 Å². The maximum Gasteiger partial charge on any atom is 0.123 e. The van der Waals surface area contributed by atoms with E-state index < -0.39 is 0 Å². The fourth-order valence-corrected chi connectivity index (χ4v) is 1.73. The third kappa shape index (κ3) is 5.02. The first-order chi connectivity index (χ1) is 8.52. The first-order valence-electron chi connectivity index (χ1n) is 6.22. The zero-order valence-corrected chi connectivity index (χ0v) is 11.3. The molecule has 0 saturated heterocycles. The van der Waals surface area contributed by atoms with Crippen molar-refractivity contribution in [1.29, 1.82) is 0 Å². The molecule has 18 heavy (non-hydrogen) atoms. The predicted octanol–water partition coefficient (Wildman–Crippen LogP) is 2.52. The topological polar surface area (TPSA) is 44.5 Å². The molecule has 1 rings (SSSR count). The average Bonchev–Trinajstić information content (AvgIpc) is 2.29. The van der Waals surface area contributed by atoms with Gasteiger partial charge in [-0.3, -0.25) is 0 Å². The van der Waals surface area contributed by atoms with Crippen LogP contribution >= 0.6 is 0 Å². The van der Waals surface area contributed by atoms with Crippen molar-refractivity contribution in [3.05, 3.63) is 29.6 Å². The lowest BCUT2D eigenvalue weighted by Gasteiger charge is -2.18. The smallest absolute Gasteiger partial charge is 0.123 e. The molecule has 0 aliphatic rings. The Morgan fingerprint density at radius 1 is 1.33 bits per heavy atom. The second kappa shape index (κ2) is 7.34. The Hall–Kier alpha value is -1.13. The molecule has 0 spiro atoms. The van der Waals surface area contributed by atoms with Crippen molar-refractivity contribution < 1.29 is 13.9 Å². The number of ether oxygens (including phenoxy) is 2. The number of nitrogens with two attached hydrogens (primary N) is 1. The van der Waals surface area contributed by atoms with Crippen LogP contribution in [0, 0.1) is 5.82 Å². The van der Waals surface area contributed by atoms with Gasteiger partial charge in [0.2, 0.25) is 0 Å². The van der Waals surface area contributed by atoms with Crippen LogP contribution in [0.25, 0.3) is 0 Å². The van der Waals surface area contributed by atoms with Gasteiger partial charge in [-0.05, 0) is 44.0 Å². The molecule has 1 aromatic rings. The summed E-state index contributed by atoms with van der Waals surface area (Å²) in [7, 11) is 1.66. The fourth-order valence-electron chi connectivity index (χ4n) is 1.73. The van der Waals surface area contributed by atoms with E-state index in [1.807, 2.05) is 13.8 Å². The van der Waals surface area contributed by atoms with Crippen LogP contribution in [0.3, 0.4) is 0 Å². The molecule has 1 aromatic carbocycles. The van der Waals surface area contributed by atoms with Gasteiger partial charge in [0.05, 0.1) is 6.10 Å². The highest BCUT2D eigenvalue weighted by atomic mass is 19.1. The van der Waals surface area contributed by atoms with E-state index in [9.17, 15) is 4.39 Å². The lowest BCUT2D eigenvalue weighted by molar-refractivity contribution is 0.134. The molecule has 2 atom stereocenters. The van der Waals surface area contributed by atoms with Crippen molar-refractivity contribution in [2.24, 2.45) is 5.73 Å². The van der Waals surface area contributed by atoms with Crippen LogP contribution in [0.4, 0.5) is 4.39 Å². The minimum absolute atomic E-state index is 0.0246. The van der Waals surface area contributed by atoms with E-state index in [-0.39, 0.29) is 18.0 Å². The molecule has 3 nitrogen and oxygen atoms in total. The monoisotopic (exact) mass is 255 g/mol. The molecule has 2 unspecified atom stereocenters. The maximum atomic E-state index is 13.2. The van der Waals surface area contributed by atoms with Crippen LogP contribution in [0.5, 0.6) is 5.75 Å². The average molecular weight is 255 g/mol. The van der Waals surface area contributed by atoms with Gasteiger partial charge in [-0.2, -0.15) is 0 Å². The van der Waals surface area contributed by atoms with Crippen molar-refractivity contribution in [2.45, 2.75) is 38.8 Å². The Labute approximate surface area is 108 Å². The highest BCUT2D eigenvalue weighted by Gasteiger charge is 2.11. The van der Waals surface area contributed by atoms with Gasteiger partial charge in [-0.15, -0.1) is 0 Å². The molecule has 0 amide bonds. The Morgan fingerprint density at radius 3 is 2.67 bits per heavy atom. The molecule has 0 radical (unpaired) electrons. The molecule has 0 heterocycles. The Bertz CT molecular complexity index is 369. The van der Waals surface area contributed by atoms with Crippen molar-refractivity contribution >= 4 is 0 Å². The summed E-state index contributed by atoms with van der Waals surface area (Å²) >= 11 is 0. The van der Waals surface area contributed by atoms with E-state index in [1.165, 1.54) is 12.1 Å². The van der Waals surface area contributed by atoms with E-state index in [2.05, 4.69) is 0 Å². The van der Waals surface area contributed by atoms with Gasteiger partial charge in [0.15, 0.2) is 0 Å². The van der Waals surface area contributed by atoms with E-state index >= 15 is 0 Å². The van der Waals surface area contributed by atoms with Crippen LogP contribution in [-0.2, 0) is 11.2 Å².